The lowest BCUT2D eigenvalue weighted by Crippen LogP contribution is -1.61. The Morgan fingerprint density at radius 2 is 2.50 bits per heavy atom. The third-order valence-electron chi connectivity index (χ3n) is 0.516. The van der Waals surface area contributed by atoms with Crippen LogP contribution in [0.5, 0.6) is 0 Å². The summed E-state index contributed by atoms with van der Waals surface area (Å²) in [5.74, 6) is 0.753. The molecule has 0 radical (unpaired) electrons. The van der Waals surface area contributed by atoms with Gasteiger partial charge < -0.3 is 0 Å². The Morgan fingerprint density at radius 3 is 3.00 bits per heavy atom. The fraction of sp³-hybridized carbons (Fsp3) is 0.167. The molecule has 0 saturated heterocycles. The molecule has 0 amide bonds. The van der Waals surface area contributed by atoms with E-state index in [1.165, 1.54) is 11.8 Å². The second-order valence-corrected chi connectivity index (χ2v) is 1.87. The molecule has 0 unspecified atom stereocenters. The Labute approximate surface area is 53.7 Å². The summed E-state index contributed by atoms with van der Waals surface area (Å²) >= 11 is 1.22. The van der Waals surface area contributed by atoms with Gasteiger partial charge in [-0.15, -0.1) is 0 Å². The molecule has 2 heteroatoms. The molecular weight excluding hydrogens is 118 g/mol. The summed E-state index contributed by atoms with van der Waals surface area (Å²) in [6.45, 7) is 3.48. The smallest absolute Gasteiger partial charge is 0.133 e. The Hall–Kier alpha value is -0.680. The summed E-state index contributed by atoms with van der Waals surface area (Å²) in [6.07, 6.45) is 5.41. The van der Waals surface area contributed by atoms with Gasteiger partial charge in [-0.25, -0.2) is 0 Å². The predicted molar refractivity (Wildman–Crippen MR) is 37.4 cm³/mol. The molecule has 42 valence electrons. The van der Waals surface area contributed by atoms with E-state index in [2.05, 4.69) is 6.58 Å². The van der Waals surface area contributed by atoms with Crippen LogP contribution in [0.2, 0.25) is 0 Å². The lowest BCUT2D eigenvalue weighted by Gasteiger charge is -1.75. The molecular formula is C6H7NS. The van der Waals surface area contributed by atoms with Crippen molar-refractivity contribution in [2.75, 3.05) is 5.75 Å². The van der Waals surface area contributed by atoms with Gasteiger partial charge in [0.1, 0.15) is 5.40 Å². The van der Waals surface area contributed by atoms with E-state index in [1.807, 2.05) is 17.6 Å². The van der Waals surface area contributed by atoms with Gasteiger partial charge in [0.2, 0.25) is 0 Å². The molecule has 0 spiro atoms. The highest BCUT2D eigenvalue weighted by Crippen LogP contribution is 1.94. The van der Waals surface area contributed by atoms with E-state index in [0.717, 1.165) is 5.75 Å². The molecule has 0 aliphatic heterocycles. The van der Waals surface area contributed by atoms with Crippen LogP contribution < -0.4 is 0 Å². The Bertz CT molecular complexity index is 121. The third kappa shape index (κ3) is 5.32. The maximum absolute atomic E-state index is 8.02. The summed E-state index contributed by atoms with van der Waals surface area (Å²) in [6, 6.07) is 0. The van der Waals surface area contributed by atoms with Crippen molar-refractivity contribution in [2.24, 2.45) is 0 Å². The maximum atomic E-state index is 8.02. The van der Waals surface area contributed by atoms with Crippen LogP contribution in [0.15, 0.2) is 24.8 Å². The van der Waals surface area contributed by atoms with Crippen LogP contribution in [0.4, 0.5) is 0 Å². The SMILES string of the molecule is C=CC=CCSC#N. The maximum Gasteiger partial charge on any atom is 0.133 e. The second-order valence-electron chi connectivity index (χ2n) is 1.07. The Morgan fingerprint density at radius 1 is 1.75 bits per heavy atom. The molecule has 0 atom stereocenters. The van der Waals surface area contributed by atoms with E-state index in [0.29, 0.717) is 0 Å². The van der Waals surface area contributed by atoms with Crippen molar-refractivity contribution >= 4 is 11.8 Å². The van der Waals surface area contributed by atoms with Gasteiger partial charge in [0.25, 0.3) is 0 Å². The number of thiocyanates is 1. The van der Waals surface area contributed by atoms with Crippen LogP contribution in [-0.4, -0.2) is 5.75 Å². The van der Waals surface area contributed by atoms with E-state index < -0.39 is 0 Å². The van der Waals surface area contributed by atoms with Gasteiger partial charge in [-0.3, -0.25) is 0 Å². The minimum atomic E-state index is 0.753. The molecule has 0 fully saturated rings. The molecule has 0 aromatic rings. The molecule has 0 aromatic carbocycles. The van der Waals surface area contributed by atoms with E-state index in [-0.39, 0.29) is 0 Å². The average Bonchev–Trinajstić information content (AvgIpc) is 1.81. The first kappa shape index (κ1) is 7.32. The van der Waals surface area contributed by atoms with Crippen LogP contribution in [-0.2, 0) is 0 Å². The van der Waals surface area contributed by atoms with Gasteiger partial charge in [0, 0.05) is 5.75 Å². The van der Waals surface area contributed by atoms with E-state index in [9.17, 15) is 0 Å². The topological polar surface area (TPSA) is 23.8 Å². The zero-order chi connectivity index (χ0) is 6.24. The molecule has 0 bridgehead atoms. The van der Waals surface area contributed by atoms with Crippen LogP contribution in [0.3, 0.4) is 0 Å². The quantitative estimate of drug-likeness (QED) is 0.327. The van der Waals surface area contributed by atoms with Crippen LogP contribution in [0.1, 0.15) is 0 Å². The fourth-order valence-corrected chi connectivity index (χ4v) is 0.519. The fourth-order valence-electron chi connectivity index (χ4n) is 0.237. The zero-order valence-corrected chi connectivity index (χ0v) is 5.32. The summed E-state index contributed by atoms with van der Waals surface area (Å²) in [7, 11) is 0. The number of rotatable bonds is 3. The standard InChI is InChI=1S/C6H7NS/c1-2-3-4-5-8-6-7/h2-4H,1,5H2. The average molecular weight is 125 g/mol. The molecule has 0 N–H and O–H groups in total. The Balaban J connectivity index is 3.06. The van der Waals surface area contributed by atoms with Gasteiger partial charge in [-0.2, -0.15) is 5.26 Å². The summed E-state index contributed by atoms with van der Waals surface area (Å²) < 4.78 is 0. The lowest BCUT2D eigenvalue weighted by molar-refractivity contribution is 1.57. The van der Waals surface area contributed by atoms with Gasteiger partial charge in [0.15, 0.2) is 0 Å². The van der Waals surface area contributed by atoms with Crippen LogP contribution in [0.25, 0.3) is 0 Å². The zero-order valence-electron chi connectivity index (χ0n) is 4.50. The highest BCUT2D eigenvalue weighted by Gasteiger charge is 1.72. The number of hydrogen-bond acceptors (Lipinski definition) is 2. The van der Waals surface area contributed by atoms with Crippen molar-refractivity contribution in [2.45, 2.75) is 0 Å². The molecule has 8 heavy (non-hydrogen) atoms. The lowest BCUT2D eigenvalue weighted by atomic mass is 10.5. The first-order valence-corrected chi connectivity index (χ1v) is 3.19. The number of thioether (sulfide) groups is 1. The van der Waals surface area contributed by atoms with Gasteiger partial charge in [-0.05, 0) is 11.8 Å². The summed E-state index contributed by atoms with van der Waals surface area (Å²) in [5, 5.41) is 9.98. The van der Waals surface area contributed by atoms with Crippen molar-refractivity contribution in [3.63, 3.8) is 0 Å². The highest BCUT2D eigenvalue weighted by atomic mass is 32.2. The molecule has 0 heterocycles. The molecule has 0 aromatic heterocycles. The van der Waals surface area contributed by atoms with Gasteiger partial charge in [-0.1, -0.05) is 24.8 Å². The molecule has 1 nitrogen and oxygen atoms in total. The highest BCUT2D eigenvalue weighted by molar-refractivity contribution is 8.03. The van der Waals surface area contributed by atoms with Gasteiger partial charge in [0.05, 0.1) is 0 Å². The van der Waals surface area contributed by atoms with E-state index >= 15 is 0 Å². The molecule has 0 saturated carbocycles. The Kier molecular flexibility index (Phi) is 5.78. The first-order chi connectivity index (χ1) is 3.91. The normalized spacial score (nSPS) is 8.88. The molecule has 0 rings (SSSR count). The number of allylic oxidation sites excluding steroid dienone is 2. The van der Waals surface area contributed by atoms with Crippen molar-refractivity contribution in [3.8, 4) is 5.40 Å². The minimum Gasteiger partial charge on any atom is -0.185 e. The second kappa shape index (κ2) is 6.32. The largest absolute Gasteiger partial charge is 0.185 e. The third-order valence-corrected chi connectivity index (χ3v) is 1.00. The number of nitrogens with zero attached hydrogens (tertiary/aromatic N) is 1. The predicted octanol–water partition coefficient (Wildman–Crippen LogP) is 1.94. The molecule has 0 aliphatic carbocycles. The van der Waals surface area contributed by atoms with Crippen molar-refractivity contribution in [3.05, 3.63) is 24.8 Å². The van der Waals surface area contributed by atoms with Crippen molar-refractivity contribution < 1.29 is 0 Å². The monoisotopic (exact) mass is 125 g/mol. The number of nitriles is 1. The first-order valence-electron chi connectivity index (χ1n) is 2.20. The van der Waals surface area contributed by atoms with E-state index in [4.69, 9.17) is 5.26 Å². The summed E-state index contributed by atoms with van der Waals surface area (Å²) in [4.78, 5) is 0. The summed E-state index contributed by atoms with van der Waals surface area (Å²) in [5.41, 5.74) is 0. The van der Waals surface area contributed by atoms with Crippen molar-refractivity contribution in [1.82, 2.24) is 0 Å². The molecule has 0 aliphatic rings. The number of hydrogen-bond donors (Lipinski definition) is 0. The van der Waals surface area contributed by atoms with Crippen LogP contribution >= 0.6 is 11.8 Å². The van der Waals surface area contributed by atoms with Gasteiger partial charge >= 0.3 is 0 Å². The minimum absolute atomic E-state index is 0.753. The van der Waals surface area contributed by atoms with E-state index in [1.54, 1.807) is 6.08 Å². The van der Waals surface area contributed by atoms with Crippen LogP contribution in [0, 0.1) is 10.7 Å². The van der Waals surface area contributed by atoms with Crippen molar-refractivity contribution in [1.29, 1.82) is 5.26 Å².